The Kier molecular flexibility index (Phi) is 4.51. The van der Waals surface area contributed by atoms with E-state index in [-0.39, 0.29) is 22.3 Å². The summed E-state index contributed by atoms with van der Waals surface area (Å²) >= 11 is 5.68. The van der Waals surface area contributed by atoms with Gasteiger partial charge >= 0.3 is 6.18 Å². The van der Waals surface area contributed by atoms with Crippen LogP contribution in [-0.2, 0) is 11.0 Å². The van der Waals surface area contributed by atoms with E-state index in [2.05, 4.69) is 20.6 Å². The quantitative estimate of drug-likeness (QED) is 0.897. The standard InChI is InChI=1S/C13H10ClF3N4O/c1-7(22)19-9-3-2-8(13(15,16)17)4-10(9)20-12-6-18-5-11(14)21-12/h2-6H,1H3,(H,19,22)(H,20,21). The van der Waals surface area contributed by atoms with Gasteiger partial charge in [-0.25, -0.2) is 4.98 Å². The minimum Gasteiger partial charge on any atom is -0.337 e. The number of nitrogens with zero attached hydrogens (tertiary/aromatic N) is 2. The molecule has 22 heavy (non-hydrogen) atoms. The highest BCUT2D eigenvalue weighted by atomic mass is 35.5. The van der Waals surface area contributed by atoms with Crippen molar-refractivity contribution in [1.29, 1.82) is 0 Å². The van der Waals surface area contributed by atoms with Gasteiger partial charge in [0.25, 0.3) is 0 Å². The summed E-state index contributed by atoms with van der Waals surface area (Å²) in [4.78, 5) is 18.8. The Morgan fingerprint density at radius 2 is 1.95 bits per heavy atom. The first-order chi connectivity index (χ1) is 10.3. The molecule has 0 saturated carbocycles. The van der Waals surface area contributed by atoms with Crippen molar-refractivity contribution in [2.75, 3.05) is 10.6 Å². The van der Waals surface area contributed by atoms with Crippen molar-refractivity contribution in [2.24, 2.45) is 0 Å². The average Bonchev–Trinajstić information content (AvgIpc) is 2.39. The topological polar surface area (TPSA) is 66.9 Å². The molecule has 0 aliphatic rings. The molecule has 0 spiro atoms. The molecule has 1 heterocycles. The summed E-state index contributed by atoms with van der Waals surface area (Å²) in [6, 6.07) is 2.90. The number of aromatic nitrogens is 2. The number of alkyl halides is 3. The van der Waals surface area contributed by atoms with Crippen LogP contribution in [0.2, 0.25) is 5.15 Å². The molecule has 0 unspecified atom stereocenters. The van der Waals surface area contributed by atoms with E-state index in [0.29, 0.717) is 0 Å². The Bertz CT molecular complexity index is 706. The van der Waals surface area contributed by atoms with Crippen molar-refractivity contribution in [3.05, 3.63) is 41.3 Å². The largest absolute Gasteiger partial charge is 0.416 e. The Balaban J connectivity index is 2.42. The van der Waals surface area contributed by atoms with Crippen molar-refractivity contribution >= 4 is 34.7 Å². The molecule has 0 radical (unpaired) electrons. The normalized spacial score (nSPS) is 11.1. The number of hydrogen-bond acceptors (Lipinski definition) is 4. The summed E-state index contributed by atoms with van der Waals surface area (Å²) in [5, 5.41) is 5.18. The molecule has 0 atom stereocenters. The number of benzene rings is 1. The first-order valence-corrected chi connectivity index (χ1v) is 6.37. The SMILES string of the molecule is CC(=O)Nc1ccc(C(F)(F)F)cc1Nc1cncc(Cl)n1. The number of carbonyl (C=O) groups is 1. The second-order valence-electron chi connectivity index (χ2n) is 4.29. The second kappa shape index (κ2) is 6.18. The van der Waals surface area contributed by atoms with Crippen LogP contribution in [0.3, 0.4) is 0 Å². The number of rotatable bonds is 3. The van der Waals surface area contributed by atoms with E-state index in [1.165, 1.54) is 19.3 Å². The highest BCUT2D eigenvalue weighted by Gasteiger charge is 2.31. The van der Waals surface area contributed by atoms with Crippen LogP contribution >= 0.6 is 11.6 Å². The van der Waals surface area contributed by atoms with E-state index in [4.69, 9.17) is 11.6 Å². The van der Waals surface area contributed by atoms with Crippen LogP contribution in [0.1, 0.15) is 12.5 Å². The fourth-order valence-electron chi connectivity index (χ4n) is 1.66. The maximum absolute atomic E-state index is 12.8. The second-order valence-corrected chi connectivity index (χ2v) is 4.68. The monoisotopic (exact) mass is 330 g/mol. The summed E-state index contributed by atoms with van der Waals surface area (Å²) in [5.74, 6) is -0.265. The lowest BCUT2D eigenvalue weighted by molar-refractivity contribution is -0.137. The first kappa shape index (κ1) is 16.0. The van der Waals surface area contributed by atoms with Crippen molar-refractivity contribution in [1.82, 2.24) is 9.97 Å². The Hall–Kier alpha value is -2.35. The third-order valence-electron chi connectivity index (χ3n) is 2.53. The van der Waals surface area contributed by atoms with Crippen LogP contribution in [0.4, 0.5) is 30.4 Å². The van der Waals surface area contributed by atoms with Crippen molar-refractivity contribution in [3.63, 3.8) is 0 Å². The molecule has 0 bridgehead atoms. The van der Waals surface area contributed by atoms with Crippen LogP contribution in [0.15, 0.2) is 30.6 Å². The van der Waals surface area contributed by atoms with E-state index in [9.17, 15) is 18.0 Å². The fraction of sp³-hybridized carbons (Fsp3) is 0.154. The minimum absolute atomic E-state index is 0.0293. The van der Waals surface area contributed by atoms with Crippen LogP contribution in [0.5, 0.6) is 0 Å². The van der Waals surface area contributed by atoms with Gasteiger partial charge in [0.05, 0.1) is 29.3 Å². The zero-order chi connectivity index (χ0) is 16.3. The lowest BCUT2D eigenvalue weighted by Crippen LogP contribution is -2.11. The molecule has 0 saturated heterocycles. The molecular weight excluding hydrogens is 321 g/mol. The van der Waals surface area contributed by atoms with Gasteiger partial charge in [0.2, 0.25) is 5.91 Å². The Labute approximate surface area is 128 Å². The highest BCUT2D eigenvalue weighted by Crippen LogP contribution is 2.35. The highest BCUT2D eigenvalue weighted by molar-refractivity contribution is 6.29. The Morgan fingerprint density at radius 1 is 1.23 bits per heavy atom. The number of nitrogens with one attached hydrogen (secondary N) is 2. The third-order valence-corrected chi connectivity index (χ3v) is 2.71. The molecule has 0 aliphatic heterocycles. The summed E-state index contributed by atoms with van der Waals surface area (Å²) < 4.78 is 38.4. The third kappa shape index (κ3) is 4.08. The number of carbonyl (C=O) groups excluding carboxylic acids is 1. The minimum atomic E-state index is -4.51. The number of amides is 1. The lowest BCUT2D eigenvalue weighted by Gasteiger charge is -2.15. The van der Waals surface area contributed by atoms with E-state index < -0.39 is 17.6 Å². The van der Waals surface area contributed by atoms with E-state index in [1.807, 2.05) is 0 Å². The smallest absolute Gasteiger partial charge is 0.337 e. The zero-order valence-electron chi connectivity index (χ0n) is 11.2. The molecule has 1 aromatic carbocycles. The molecule has 9 heteroatoms. The average molecular weight is 331 g/mol. The molecule has 2 aromatic rings. The van der Waals surface area contributed by atoms with Gasteiger partial charge < -0.3 is 10.6 Å². The molecule has 1 amide bonds. The summed E-state index contributed by atoms with van der Waals surface area (Å²) in [6.07, 6.45) is -1.93. The number of hydrogen-bond donors (Lipinski definition) is 2. The van der Waals surface area contributed by atoms with Gasteiger partial charge in [-0.2, -0.15) is 13.2 Å². The van der Waals surface area contributed by atoms with Gasteiger partial charge in [-0.05, 0) is 18.2 Å². The number of halogens is 4. The number of anilines is 3. The maximum atomic E-state index is 12.8. The maximum Gasteiger partial charge on any atom is 0.416 e. The summed E-state index contributed by atoms with van der Waals surface area (Å²) in [5.41, 5.74) is -0.650. The molecule has 1 aromatic heterocycles. The van der Waals surface area contributed by atoms with Crippen LogP contribution < -0.4 is 10.6 Å². The van der Waals surface area contributed by atoms with E-state index in [1.54, 1.807) is 0 Å². The molecule has 116 valence electrons. The zero-order valence-corrected chi connectivity index (χ0v) is 12.0. The van der Waals surface area contributed by atoms with Gasteiger partial charge in [0.15, 0.2) is 5.82 Å². The first-order valence-electron chi connectivity index (χ1n) is 5.99. The summed E-state index contributed by atoms with van der Waals surface area (Å²) in [6.45, 7) is 1.25. The van der Waals surface area contributed by atoms with Crippen LogP contribution in [0, 0.1) is 0 Å². The predicted molar refractivity (Wildman–Crippen MR) is 76.1 cm³/mol. The molecule has 5 nitrogen and oxygen atoms in total. The molecular formula is C13H10ClF3N4O. The van der Waals surface area contributed by atoms with Gasteiger partial charge in [-0.3, -0.25) is 9.78 Å². The predicted octanol–water partition coefficient (Wildman–Crippen LogP) is 3.85. The molecule has 2 rings (SSSR count). The van der Waals surface area contributed by atoms with E-state index in [0.717, 1.165) is 18.2 Å². The van der Waals surface area contributed by atoms with Crippen molar-refractivity contribution < 1.29 is 18.0 Å². The van der Waals surface area contributed by atoms with Gasteiger partial charge in [0.1, 0.15) is 5.15 Å². The van der Waals surface area contributed by atoms with Crippen LogP contribution in [-0.4, -0.2) is 15.9 Å². The van der Waals surface area contributed by atoms with Gasteiger partial charge in [-0.1, -0.05) is 11.6 Å². The summed E-state index contributed by atoms with van der Waals surface area (Å²) in [7, 11) is 0. The van der Waals surface area contributed by atoms with Crippen molar-refractivity contribution in [2.45, 2.75) is 13.1 Å². The molecule has 0 fully saturated rings. The van der Waals surface area contributed by atoms with E-state index >= 15 is 0 Å². The van der Waals surface area contributed by atoms with Crippen molar-refractivity contribution in [3.8, 4) is 0 Å². The molecule has 0 aliphatic carbocycles. The van der Waals surface area contributed by atoms with Gasteiger partial charge in [0, 0.05) is 6.92 Å². The molecule has 2 N–H and O–H groups in total. The Morgan fingerprint density at radius 3 is 2.55 bits per heavy atom. The lowest BCUT2D eigenvalue weighted by atomic mass is 10.1. The fourth-order valence-corrected chi connectivity index (χ4v) is 1.81. The van der Waals surface area contributed by atoms with Crippen LogP contribution in [0.25, 0.3) is 0 Å². The van der Waals surface area contributed by atoms with Gasteiger partial charge in [-0.15, -0.1) is 0 Å².